The van der Waals surface area contributed by atoms with Gasteiger partial charge in [0.15, 0.2) is 0 Å². The number of ether oxygens (including phenoxy) is 1. The maximum atomic E-state index is 12.3. The van der Waals surface area contributed by atoms with Crippen LogP contribution in [0.4, 0.5) is 0 Å². The van der Waals surface area contributed by atoms with Gasteiger partial charge in [-0.05, 0) is 63.6 Å². The Morgan fingerprint density at radius 1 is 0.733 bits per heavy atom. The van der Waals surface area contributed by atoms with Gasteiger partial charge in [-0.2, -0.15) is 0 Å². The molecule has 0 bridgehead atoms. The Morgan fingerprint density at radius 3 is 1.43 bits per heavy atom. The molecule has 0 atom stereocenters. The zero-order chi connectivity index (χ0) is 20.7. The van der Waals surface area contributed by atoms with Crippen LogP contribution in [0.25, 0.3) is 0 Å². The van der Waals surface area contributed by atoms with Crippen LogP contribution in [-0.2, 0) is 9.53 Å². The van der Waals surface area contributed by atoms with Crippen molar-refractivity contribution in [3.8, 4) is 0 Å². The molecule has 0 aliphatic carbocycles. The van der Waals surface area contributed by atoms with E-state index in [-0.39, 0.29) is 23.0 Å². The van der Waals surface area contributed by atoms with Crippen LogP contribution in [0.2, 0.25) is 0 Å². The van der Waals surface area contributed by atoms with Crippen molar-refractivity contribution in [3.05, 3.63) is 91.0 Å². The third-order valence-corrected chi connectivity index (χ3v) is 9.41. The lowest BCUT2D eigenvalue weighted by atomic mass is 10.2. The lowest BCUT2D eigenvalue weighted by Gasteiger charge is -2.28. The van der Waals surface area contributed by atoms with Crippen molar-refractivity contribution in [1.82, 2.24) is 0 Å². The molecule has 0 amide bonds. The van der Waals surface area contributed by atoms with Crippen LogP contribution in [0.3, 0.4) is 0 Å². The van der Waals surface area contributed by atoms with Crippen molar-refractivity contribution in [1.29, 1.82) is 0 Å². The van der Waals surface area contributed by atoms with E-state index in [1.165, 1.54) is 15.9 Å². The Balaban J connectivity index is 0.00000320. The molecule has 0 saturated heterocycles. The quantitative estimate of drug-likeness (QED) is 0.379. The molecule has 0 aliphatic rings. The van der Waals surface area contributed by atoms with E-state index in [1.54, 1.807) is 0 Å². The first-order chi connectivity index (χ1) is 13.9. The number of hydrogen-bond acceptors (Lipinski definition) is 2. The van der Waals surface area contributed by atoms with Gasteiger partial charge in [-0.3, -0.25) is 4.79 Å². The lowest BCUT2D eigenvalue weighted by Crippen LogP contribution is -3.00. The number of benzene rings is 3. The van der Waals surface area contributed by atoms with Gasteiger partial charge in [0.1, 0.15) is 28.8 Å². The zero-order valence-corrected chi connectivity index (χ0v) is 20.4. The number of hydrogen-bond donors (Lipinski definition) is 0. The third kappa shape index (κ3) is 6.03. The van der Waals surface area contributed by atoms with Crippen LogP contribution in [0.1, 0.15) is 33.6 Å². The Kier molecular flexibility index (Phi) is 8.82. The first-order valence-electron chi connectivity index (χ1n) is 10.2. The number of carbonyl (C=O) groups excluding carboxylic acids is 1. The largest absolute Gasteiger partial charge is 1.00 e. The molecule has 30 heavy (non-hydrogen) atoms. The Bertz CT molecular complexity index is 809. The standard InChI is InChI=1S/C26H30O2P.BrH/c1-26(2,3)28-25(27)20-13-21-29(22-14-7-4-8-15-22,23-16-9-5-10-17-23)24-18-11-6-12-19-24;/h4-12,14-19H,13,20-21H2,1-3H3;1H/q+1;/p-1. The molecule has 0 saturated carbocycles. The van der Waals surface area contributed by atoms with Crippen LogP contribution < -0.4 is 32.9 Å². The summed E-state index contributed by atoms with van der Waals surface area (Å²) in [6.07, 6.45) is 2.16. The summed E-state index contributed by atoms with van der Waals surface area (Å²) in [6.45, 7) is 5.75. The van der Waals surface area contributed by atoms with Gasteiger partial charge in [0.2, 0.25) is 0 Å². The summed E-state index contributed by atoms with van der Waals surface area (Å²) in [4.78, 5) is 12.3. The maximum absolute atomic E-state index is 12.3. The topological polar surface area (TPSA) is 26.3 Å². The van der Waals surface area contributed by atoms with Gasteiger partial charge in [-0.25, -0.2) is 0 Å². The summed E-state index contributed by atoms with van der Waals surface area (Å²) in [6, 6.07) is 32.3. The van der Waals surface area contributed by atoms with Crippen LogP contribution in [0.5, 0.6) is 0 Å². The minimum Gasteiger partial charge on any atom is -1.00 e. The highest BCUT2D eigenvalue weighted by Gasteiger charge is 2.44. The predicted octanol–water partition coefficient (Wildman–Crippen LogP) is 2.11. The van der Waals surface area contributed by atoms with Crippen LogP contribution in [0, 0.1) is 0 Å². The second-order valence-electron chi connectivity index (χ2n) is 8.23. The van der Waals surface area contributed by atoms with Crippen LogP contribution in [0.15, 0.2) is 91.0 Å². The van der Waals surface area contributed by atoms with E-state index in [0.717, 1.165) is 12.6 Å². The van der Waals surface area contributed by atoms with Crippen molar-refractivity contribution < 1.29 is 26.5 Å². The molecule has 3 aromatic carbocycles. The van der Waals surface area contributed by atoms with Gasteiger partial charge >= 0.3 is 5.97 Å². The van der Waals surface area contributed by atoms with Crippen LogP contribution >= 0.6 is 7.26 Å². The molecule has 0 spiro atoms. The summed E-state index contributed by atoms with van der Waals surface area (Å²) >= 11 is 0. The van der Waals surface area contributed by atoms with E-state index in [2.05, 4.69) is 91.0 Å². The second kappa shape index (κ2) is 10.9. The van der Waals surface area contributed by atoms with Crippen molar-refractivity contribution in [2.24, 2.45) is 0 Å². The highest BCUT2D eigenvalue weighted by Crippen LogP contribution is 2.55. The highest BCUT2D eigenvalue weighted by atomic mass is 79.9. The van der Waals surface area contributed by atoms with Crippen molar-refractivity contribution in [3.63, 3.8) is 0 Å². The predicted molar refractivity (Wildman–Crippen MR) is 125 cm³/mol. The highest BCUT2D eigenvalue weighted by molar-refractivity contribution is 7.95. The summed E-state index contributed by atoms with van der Waals surface area (Å²) < 4.78 is 5.54. The molecule has 0 fully saturated rings. The van der Waals surface area contributed by atoms with E-state index in [4.69, 9.17) is 4.74 Å². The van der Waals surface area contributed by atoms with Crippen LogP contribution in [-0.4, -0.2) is 17.7 Å². The average Bonchev–Trinajstić information content (AvgIpc) is 2.72. The van der Waals surface area contributed by atoms with E-state index < -0.39 is 12.9 Å². The average molecular weight is 485 g/mol. The summed E-state index contributed by atoms with van der Waals surface area (Å²) in [5.74, 6) is -0.121. The monoisotopic (exact) mass is 484 g/mol. The van der Waals surface area contributed by atoms with Crippen molar-refractivity contribution in [2.45, 2.75) is 39.2 Å². The van der Waals surface area contributed by atoms with Gasteiger partial charge < -0.3 is 21.7 Å². The fourth-order valence-electron chi connectivity index (χ4n) is 3.74. The lowest BCUT2D eigenvalue weighted by molar-refractivity contribution is -0.154. The normalized spacial score (nSPS) is 11.4. The Labute approximate surface area is 191 Å². The third-order valence-electron chi connectivity index (χ3n) is 4.89. The Hall–Kier alpha value is -1.96. The minimum atomic E-state index is -1.87. The SMILES string of the molecule is CC(C)(C)OC(=O)CCC[P+](c1ccccc1)(c1ccccc1)c1ccccc1.[Br-]. The molecular weight excluding hydrogens is 455 g/mol. The fourth-order valence-corrected chi connectivity index (χ4v) is 8.08. The van der Waals surface area contributed by atoms with Gasteiger partial charge in [0.25, 0.3) is 0 Å². The first kappa shape index (κ1) is 24.3. The van der Waals surface area contributed by atoms with Gasteiger partial charge in [0.05, 0.1) is 6.16 Å². The molecule has 0 radical (unpaired) electrons. The van der Waals surface area contributed by atoms with Gasteiger partial charge in [-0.1, -0.05) is 54.6 Å². The zero-order valence-electron chi connectivity index (χ0n) is 17.9. The molecule has 4 heteroatoms. The molecule has 2 nitrogen and oxygen atoms in total. The van der Waals surface area contributed by atoms with E-state index in [0.29, 0.717) is 6.42 Å². The molecule has 0 unspecified atom stereocenters. The second-order valence-corrected chi connectivity index (χ2v) is 11.8. The van der Waals surface area contributed by atoms with Crippen molar-refractivity contribution in [2.75, 3.05) is 6.16 Å². The molecule has 0 heterocycles. The number of rotatable bonds is 7. The molecule has 3 aromatic rings. The minimum absolute atomic E-state index is 0. The van der Waals surface area contributed by atoms with Gasteiger partial charge in [0, 0.05) is 6.42 Å². The molecule has 3 rings (SSSR count). The first-order valence-corrected chi connectivity index (χ1v) is 12.2. The molecule has 0 N–H and O–H groups in total. The summed E-state index contributed by atoms with van der Waals surface area (Å²) in [7, 11) is -1.87. The number of esters is 1. The summed E-state index contributed by atoms with van der Waals surface area (Å²) in [5, 5.41) is 4.05. The van der Waals surface area contributed by atoms with E-state index in [1.807, 2.05) is 20.8 Å². The smallest absolute Gasteiger partial charge is 0.306 e. The molecule has 0 aliphatic heterocycles. The number of halogens is 1. The van der Waals surface area contributed by atoms with E-state index in [9.17, 15) is 4.79 Å². The van der Waals surface area contributed by atoms with Crippen molar-refractivity contribution >= 4 is 29.1 Å². The van der Waals surface area contributed by atoms with E-state index >= 15 is 0 Å². The summed E-state index contributed by atoms with van der Waals surface area (Å²) in [5.41, 5.74) is -0.443. The number of carbonyl (C=O) groups is 1. The molecule has 0 aromatic heterocycles. The van der Waals surface area contributed by atoms with Gasteiger partial charge in [-0.15, -0.1) is 0 Å². The fraction of sp³-hybridized carbons (Fsp3) is 0.269. The maximum Gasteiger partial charge on any atom is 0.306 e. The molecular formula is C26H30BrO2P. The Morgan fingerprint density at radius 2 is 1.10 bits per heavy atom. The molecule has 158 valence electrons.